The van der Waals surface area contributed by atoms with Crippen LogP contribution in [0.3, 0.4) is 0 Å². The van der Waals surface area contributed by atoms with Gasteiger partial charge in [-0.1, -0.05) is 13.0 Å². The van der Waals surface area contributed by atoms with E-state index >= 15 is 0 Å². The number of hydrogen-bond donors (Lipinski definition) is 1. The molecule has 1 atom stereocenters. The highest BCUT2D eigenvalue weighted by Crippen LogP contribution is 2.31. The molecule has 4 nitrogen and oxygen atoms in total. The summed E-state index contributed by atoms with van der Waals surface area (Å²) >= 11 is 0. The van der Waals surface area contributed by atoms with Crippen LogP contribution in [-0.2, 0) is 6.42 Å². The molecule has 0 aliphatic carbocycles. The monoisotopic (exact) mass is 260 g/mol. The van der Waals surface area contributed by atoms with Gasteiger partial charge in [-0.2, -0.15) is 0 Å². The van der Waals surface area contributed by atoms with Gasteiger partial charge in [0, 0.05) is 24.4 Å². The van der Waals surface area contributed by atoms with Crippen molar-refractivity contribution >= 4 is 0 Å². The van der Waals surface area contributed by atoms with E-state index in [1.807, 2.05) is 29.0 Å². The number of aliphatic hydroxyl groups is 1. The molecule has 1 heterocycles. The molecule has 1 aromatic heterocycles. The number of rotatable bonds is 5. The van der Waals surface area contributed by atoms with Crippen LogP contribution in [0.15, 0.2) is 30.6 Å². The van der Waals surface area contributed by atoms with Crippen LogP contribution in [0, 0.1) is 0 Å². The number of nitrogens with zero attached hydrogens (tertiary/aromatic N) is 2. The van der Waals surface area contributed by atoms with Crippen LogP contribution in [0.5, 0.6) is 5.75 Å². The Hall–Kier alpha value is -1.81. The molecule has 0 radical (unpaired) electrons. The van der Waals surface area contributed by atoms with Crippen molar-refractivity contribution in [1.29, 1.82) is 0 Å². The zero-order chi connectivity index (χ0) is 13.8. The Bertz CT molecular complexity index is 547. The van der Waals surface area contributed by atoms with Gasteiger partial charge in [0.15, 0.2) is 0 Å². The maximum atomic E-state index is 10.0. The fourth-order valence-corrected chi connectivity index (χ4v) is 2.30. The van der Waals surface area contributed by atoms with Crippen LogP contribution in [-0.4, -0.2) is 21.8 Å². The average molecular weight is 260 g/mol. The minimum absolute atomic E-state index is 0.594. The van der Waals surface area contributed by atoms with E-state index in [1.54, 1.807) is 20.2 Å². The quantitative estimate of drug-likeness (QED) is 0.899. The fraction of sp³-hybridized carbons (Fsp3) is 0.400. The van der Waals surface area contributed by atoms with Crippen molar-refractivity contribution < 1.29 is 9.84 Å². The topological polar surface area (TPSA) is 47.3 Å². The first-order chi connectivity index (χ1) is 9.19. The summed E-state index contributed by atoms with van der Waals surface area (Å²) in [5.74, 6) is 1.70. The lowest BCUT2D eigenvalue weighted by Gasteiger charge is -2.18. The molecule has 1 N–H and O–H groups in total. The van der Waals surface area contributed by atoms with Crippen molar-refractivity contribution in [2.45, 2.75) is 32.8 Å². The molecule has 0 saturated carbocycles. The Kier molecular flexibility index (Phi) is 4.22. The van der Waals surface area contributed by atoms with Gasteiger partial charge in [-0.15, -0.1) is 0 Å². The number of hydrogen-bond acceptors (Lipinski definition) is 3. The standard InChI is InChI=1S/C15H20N2O2/c1-4-6-14-16-9-10-17(14)12-7-5-8-13(19-3)15(12)11(2)18/h5,7-11,18H,4,6H2,1-3H3/t11-/m0/s1. The van der Waals surface area contributed by atoms with E-state index in [4.69, 9.17) is 4.74 Å². The zero-order valence-corrected chi connectivity index (χ0v) is 11.6. The normalized spacial score (nSPS) is 12.4. The number of benzene rings is 1. The summed E-state index contributed by atoms with van der Waals surface area (Å²) in [5, 5.41) is 10.0. The molecule has 102 valence electrons. The molecule has 4 heteroatoms. The summed E-state index contributed by atoms with van der Waals surface area (Å²) in [7, 11) is 1.62. The fourth-order valence-electron chi connectivity index (χ4n) is 2.30. The summed E-state index contributed by atoms with van der Waals surface area (Å²) in [6.07, 6.45) is 5.05. The van der Waals surface area contributed by atoms with Gasteiger partial charge in [0.05, 0.1) is 18.9 Å². The summed E-state index contributed by atoms with van der Waals surface area (Å²) in [6.45, 7) is 3.87. The predicted octanol–water partition coefficient (Wildman–Crippen LogP) is 2.89. The van der Waals surface area contributed by atoms with E-state index in [1.165, 1.54) is 0 Å². The molecule has 0 aliphatic rings. The average Bonchev–Trinajstić information content (AvgIpc) is 2.86. The highest BCUT2D eigenvalue weighted by Gasteiger charge is 2.16. The molecule has 0 fully saturated rings. The Morgan fingerprint density at radius 2 is 2.21 bits per heavy atom. The Balaban J connectivity index is 2.58. The summed E-state index contributed by atoms with van der Waals surface area (Å²) in [5.41, 5.74) is 1.72. The Labute approximate surface area is 113 Å². The molecular formula is C15H20N2O2. The Morgan fingerprint density at radius 1 is 1.42 bits per heavy atom. The minimum atomic E-state index is -0.594. The van der Waals surface area contributed by atoms with Crippen molar-refractivity contribution in [3.05, 3.63) is 42.0 Å². The molecule has 0 bridgehead atoms. The third-order valence-corrected chi connectivity index (χ3v) is 3.13. The van der Waals surface area contributed by atoms with Crippen LogP contribution in [0.25, 0.3) is 5.69 Å². The van der Waals surface area contributed by atoms with Crippen LogP contribution >= 0.6 is 0 Å². The van der Waals surface area contributed by atoms with Gasteiger partial charge in [-0.05, 0) is 25.5 Å². The highest BCUT2D eigenvalue weighted by atomic mass is 16.5. The van der Waals surface area contributed by atoms with E-state index in [2.05, 4.69) is 11.9 Å². The number of methoxy groups -OCH3 is 1. The van der Waals surface area contributed by atoms with Crippen molar-refractivity contribution in [2.75, 3.05) is 7.11 Å². The summed E-state index contributed by atoms with van der Waals surface area (Å²) in [6, 6.07) is 5.77. The van der Waals surface area contributed by atoms with Crippen molar-refractivity contribution in [3.63, 3.8) is 0 Å². The van der Waals surface area contributed by atoms with E-state index in [-0.39, 0.29) is 0 Å². The van der Waals surface area contributed by atoms with Gasteiger partial charge in [-0.3, -0.25) is 0 Å². The van der Waals surface area contributed by atoms with E-state index < -0.39 is 6.10 Å². The third-order valence-electron chi connectivity index (χ3n) is 3.13. The van der Waals surface area contributed by atoms with Crippen LogP contribution in [0.1, 0.15) is 37.8 Å². The molecule has 2 rings (SSSR count). The second kappa shape index (κ2) is 5.89. The Morgan fingerprint density at radius 3 is 2.84 bits per heavy atom. The molecule has 1 aromatic carbocycles. The van der Waals surface area contributed by atoms with Crippen LogP contribution in [0.2, 0.25) is 0 Å². The maximum absolute atomic E-state index is 10.0. The number of ether oxygens (including phenoxy) is 1. The highest BCUT2D eigenvalue weighted by molar-refractivity contribution is 5.51. The second-order valence-electron chi connectivity index (χ2n) is 4.53. The zero-order valence-electron chi connectivity index (χ0n) is 11.6. The lowest BCUT2D eigenvalue weighted by Crippen LogP contribution is -2.07. The van der Waals surface area contributed by atoms with Gasteiger partial charge in [-0.25, -0.2) is 4.98 Å². The number of aromatic nitrogens is 2. The molecule has 0 amide bonds. The van der Waals surface area contributed by atoms with Crippen molar-refractivity contribution in [1.82, 2.24) is 9.55 Å². The summed E-state index contributed by atoms with van der Waals surface area (Å²) < 4.78 is 7.37. The van der Waals surface area contributed by atoms with E-state index in [0.717, 1.165) is 29.9 Å². The van der Waals surface area contributed by atoms with Gasteiger partial charge in [0.25, 0.3) is 0 Å². The molecule has 2 aromatic rings. The SMILES string of the molecule is CCCc1nccn1-c1cccc(OC)c1[C@H](C)O. The molecule has 19 heavy (non-hydrogen) atoms. The second-order valence-corrected chi connectivity index (χ2v) is 4.53. The van der Waals surface area contributed by atoms with Crippen molar-refractivity contribution in [3.8, 4) is 11.4 Å². The first-order valence-electron chi connectivity index (χ1n) is 6.56. The van der Waals surface area contributed by atoms with Crippen LogP contribution in [0.4, 0.5) is 0 Å². The van der Waals surface area contributed by atoms with Gasteiger partial charge in [0.1, 0.15) is 11.6 Å². The smallest absolute Gasteiger partial charge is 0.126 e. The number of imidazole rings is 1. The van der Waals surface area contributed by atoms with E-state index in [0.29, 0.717) is 5.75 Å². The van der Waals surface area contributed by atoms with Crippen molar-refractivity contribution in [2.24, 2.45) is 0 Å². The first kappa shape index (κ1) is 13.6. The lowest BCUT2D eigenvalue weighted by atomic mass is 10.1. The number of aliphatic hydroxyl groups excluding tert-OH is 1. The maximum Gasteiger partial charge on any atom is 0.126 e. The predicted molar refractivity (Wildman–Crippen MR) is 74.7 cm³/mol. The van der Waals surface area contributed by atoms with Gasteiger partial charge < -0.3 is 14.4 Å². The molecular weight excluding hydrogens is 240 g/mol. The molecule has 0 unspecified atom stereocenters. The number of aryl methyl sites for hydroxylation is 1. The third kappa shape index (κ3) is 2.63. The minimum Gasteiger partial charge on any atom is -0.496 e. The molecule has 0 saturated heterocycles. The van der Waals surface area contributed by atoms with Gasteiger partial charge in [0.2, 0.25) is 0 Å². The molecule has 0 spiro atoms. The van der Waals surface area contributed by atoms with Gasteiger partial charge >= 0.3 is 0 Å². The van der Waals surface area contributed by atoms with Crippen LogP contribution < -0.4 is 4.74 Å². The lowest BCUT2D eigenvalue weighted by molar-refractivity contribution is 0.194. The molecule has 0 aliphatic heterocycles. The first-order valence-corrected chi connectivity index (χ1v) is 6.56. The summed E-state index contributed by atoms with van der Waals surface area (Å²) in [4.78, 5) is 4.38. The largest absolute Gasteiger partial charge is 0.496 e. The van der Waals surface area contributed by atoms with E-state index in [9.17, 15) is 5.11 Å².